The zero-order valence-electron chi connectivity index (χ0n) is 34.1. The molecule has 3 atom stereocenters. The Morgan fingerprint density at radius 1 is 0.857 bits per heavy atom. The summed E-state index contributed by atoms with van der Waals surface area (Å²) >= 11 is 0. The first-order chi connectivity index (χ1) is 22.6. The van der Waals surface area contributed by atoms with Crippen LogP contribution in [0.15, 0.2) is 70.4 Å². The van der Waals surface area contributed by atoms with Crippen LogP contribution in [0.5, 0.6) is 5.75 Å². The minimum absolute atomic E-state index is 0.00789. The topological polar surface area (TPSA) is 9.23 Å². The van der Waals surface area contributed by atoms with Crippen LogP contribution in [-0.2, 0) is 5.41 Å². The first-order valence-electron chi connectivity index (χ1n) is 20.0. The lowest BCUT2D eigenvalue weighted by molar-refractivity contribution is 0.185. The Morgan fingerprint density at radius 2 is 1.47 bits per heavy atom. The molecule has 1 aromatic rings. The molecular weight excluding hydrogens is 609 g/mol. The van der Waals surface area contributed by atoms with Gasteiger partial charge in [0.2, 0.25) is 0 Å². The second-order valence-corrected chi connectivity index (χ2v) is 25.6. The summed E-state index contributed by atoms with van der Waals surface area (Å²) in [5.41, 5.74) is 15.0. The first-order valence-corrected chi connectivity index (χ1v) is 22.4. The van der Waals surface area contributed by atoms with Gasteiger partial charge in [-0.25, -0.2) is 0 Å². The molecule has 49 heavy (non-hydrogen) atoms. The predicted molar refractivity (Wildman–Crippen MR) is 216 cm³/mol. The van der Waals surface area contributed by atoms with Crippen molar-refractivity contribution in [3.8, 4) is 5.75 Å². The lowest BCUT2D eigenvalue weighted by Gasteiger charge is -2.54. The average molecular weight is 679 g/mol. The monoisotopic (exact) mass is 679 g/mol. The highest BCUT2D eigenvalue weighted by Crippen LogP contribution is 2.70. The standard InChI is InChI=1S/C47H70OSi/c1-16-25-48-41-35(43(5,6)7)26-30(4)27-36(41)49(17-2,18-3)42-34-29-45(10,11)21-19-31(34)37-38(42)33-28-44(8,9)22-20-32(33)39-40(37)47(14,15)24-23-46(39,12)13/h16,23-24,26-27,33,38,42H,1,17-22,25,28-29H2,2-15H3. The Labute approximate surface area is 302 Å². The maximum Gasteiger partial charge on any atom is 0.122 e. The molecule has 0 radical (unpaired) electrons. The van der Waals surface area contributed by atoms with Gasteiger partial charge in [-0.15, -0.1) is 0 Å². The van der Waals surface area contributed by atoms with Crippen LogP contribution in [0.4, 0.5) is 0 Å². The normalized spacial score (nSPS) is 28.2. The van der Waals surface area contributed by atoms with Gasteiger partial charge in [0.15, 0.2) is 0 Å². The van der Waals surface area contributed by atoms with Crippen molar-refractivity contribution >= 4 is 13.3 Å². The molecule has 0 heterocycles. The third kappa shape index (κ3) is 5.87. The number of ether oxygens (including phenoxy) is 1. The Bertz CT molecular complexity index is 1650. The van der Waals surface area contributed by atoms with Crippen molar-refractivity contribution in [2.24, 2.45) is 33.5 Å². The Hall–Kier alpha value is -2.06. The van der Waals surface area contributed by atoms with E-state index in [1.54, 1.807) is 21.9 Å². The molecule has 0 N–H and O–H groups in total. The van der Waals surface area contributed by atoms with Gasteiger partial charge < -0.3 is 4.74 Å². The van der Waals surface area contributed by atoms with Crippen molar-refractivity contribution in [1.29, 1.82) is 0 Å². The highest BCUT2D eigenvalue weighted by Gasteiger charge is 2.61. The maximum atomic E-state index is 6.94. The molecule has 0 spiro atoms. The number of rotatable bonds is 7. The molecule has 0 amide bonds. The van der Waals surface area contributed by atoms with Gasteiger partial charge in [0.1, 0.15) is 12.4 Å². The van der Waals surface area contributed by atoms with E-state index in [0.29, 0.717) is 34.8 Å². The second-order valence-electron chi connectivity index (χ2n) is 20.7. The van der Waals surface area contributed by atoms with E-state index in [4.69, 9.17) is 4.74 Å². The zero-order chi connectivity index (χ0) is 36.1. The minimum Gasteiger partial charge on any atom is -0.489 e. The number of allylic oxidation sites excluding steroid dienone is 8. The Balaban J connectivity index is 1.74. The summed E-state index contributed by atoms with van der Waals surface area (Å²) < 4.78 is 6.94. The van der Waals surface area contributed by atoms with Gasteiger partial charge in [0.25, 0.3) is 0 Å². The fourth-order valence-corrected chi connectivity index (χ4v) is 17.3. The molecule has 0 aromatic heterocycles. The second kappa shape index (κ2) is 12.0. The maximum absolute atomic E-state index is 6.94. The molecule has 0 saturated heterocycles. The van der Waals surface area contributed by atoms with Crippen molar-refractivity contribution in [2.75, 3.05) is 6.61 Å². The van der Waals surface area contributed by atoms with Gasteiger partial charge in [-0.05, 0) is 112 Å². The van der Waals surface area contributed by atoms with Crippen LogP contribution in [0.2, 0.25) is 17.6 Å². The SMILES string of the molecule is C=CCOc1c(C(C)(C)C)cc(C)cc1[Si](CC)(CC)C1C2=C(CCC(C)(C)C2)C2=C3C(=C4CCC(C)(C)CC4C21)C(C)(C)C=CC3(C)C. The van der Waals surface area contributed by atoms with E-state index < -0.39 is 8.07 Å². The Morgan fingerprint density at radius 3 is 2.06 bits per heavy atom. The Kier molecular flexibility index (Phi) is 8.99. The zero-order valence-corrected chi connectivity index (χ0v) is 35.1. The van der Waals surface area contributed by atoms with Crippen LogP contribution < -0.4 is 9.92 Å². The van der Waals surface area contributed by atoms with Crippen molar-refractivity contribution < 1.29 is 4.74 Å². The third-order valence-corrected chi connectivity index (χ3v) is 19.9. The summed E-state index contributed by atoms with van der Waals surface area (Å²) in [7, 11) is -2.25. The van der Waals surface area contributed by atoms with Crippen molar-refractivity contribution in [3.63, 3.8) is 0 Å². The molecule has 1 nitrogen and oxygen atoms in total. The van der Waals surface area contributed by atoms with Crippen molar-refractivity contribution in [2.45, 2.75) is 159 Å². The van der Waals surface area contributed by atoms with Gasteiger partial charge in [0.05, 0.1) is 8.07 Å². The minimum atomic E-state index is -2.25. The van der Waals surface area contributed by atoms with Crippen LogP contribution in [-0.4, -0.2) is 14.7 Å². The smallest absolute Gasteiger partial charge is 0.122 e. The number of fused-ring (bicyclic) bond motifs is 5. The van der Waals surface area contributed by atoms with E-state index in [2.05, 4.69) is 128 Å². The number of hydrogen-bond acceptors (Lipinski definition) is 1. The molecule has 6 rings (SSSR count). The fraction of sp³-hybridized carbons (Fsp3) is 0.660. The molecule has 3 unspecified atom stereocenters. The largest absolute Gasteiger partial charge is 0.489 e. The summed E-state index contributed by atoms with van der Waals surface area (Å²) in [5.74, 6) is 2.39. The summed E-state index contributed by atoms with van der Waals surface area (Å²) in [6.07, 6.45) is 14.8. The number of aryl methyl sites for hydroxylation is 1. The van der Waals surface area contributed by atoms with Crippen LogP contribution in [0.3, 0.4) is 0 Å². The van der Waals surface area contributed by atoms with Gasteiger partial charge >= 0.3 is 0 Å². The highest BCUT2D eigenvalue weighted by molar-refractivity contribution is 6.94. The molecule has 1 saturated carbocycles. The number of hydrogen-bond donors (Lipinski definition) is 0. The first kappa shape index (κ1) is 36.7. The summed E-state index contributed by atoms with van der Waals surface area (Å²) in [4.78, 5) is 0. The number of benzene rings is 1. The molecule has 268 valence electrons. The predicted octanol–water partition coefficient (Wildman–Crippen LogP) is 13.1. The van der Waals surface area contributed by atoms with Crippen LogP contribution in [0.1, 0.15) is 140 Å². The van der Waals surface area contributed by atoms with Crippen molar-refractivity contribution in [3.05, 3.63) is 81.5 Å². The molecule has 0 aliphatic heterocycles. The van der Waals surface area contributed by atoms with E-state index in [1.165, 1.54) is 67.5 Å². The van der Waals surface area contributed by atoms with E-state index in [-0.39, 0.29) is 16.2 Å². The van der Waals surface area contributed by atoms with Crippen LogP contribution >= 0.6 is 0 Å². The lowest BCUT2D eigenvalue weighted by atomic mass is 9.52. The lowest BCUT2D eigenvalue weighted by Crippen LogP contribution is -2.55. The van der Waals surface area contributed by atoms with Crippen LogP contribution in [0.25, 0.3) is 0 Å². The highest BCUT2D eigenvalue weighted by atomic mass is 28.3. The van der Waals surface area contributed by atoms with Crippen molar-refractivity contribution in [1.82, 2.24) is 0 Å². The average Bonchev–Trinajstić information content (AvgIpc) is 3.32. The molecule has 1 fully saturated rings. The van der Waals surface area contributed by atoms with E-state index in [1.807, 2.05) is 22.8 Å². The summed E-state index contributed by atoms with van der Waals surface area (Å²) in [6.45, 7) is 39.6. The summed E-state index contributed by atoms with van der Waals surface area (Å²) in [6, 6.07) is 7.54. The quantitative estimate of drug-likeness (QED) is 0.206. The molecule has 5 aliphatic rings. The third-order valence-electron chi connectivity index (χ3n) is 14.1. The molecule has 2 heteroatoms. The van der Waals surface area contributed by atoms with Gasteiger partial charge in [0, 0.05) is 10.8 Å². The molecule has 1 aromatic carbocycles. The molecular formula is C47H70OSi. The molecule has 0 bridgehead atoms. The van der Waals surface area contributed by atoms with E-state index in [0.717, 1.165) is 0 Å². The fourth-order valence-electron chi connectivity index (χ4n) is 11.6. The summed E-state index contributed by atoms with van der Waals surface area (Å²) in [5, 5.41) is 1.60. The van der Waals surface area contributed by atoms with E-state index in [9.17, 15) is 0 Å². The van der Waals surface area contributed by atoms with Gasteiger partial charge in [-0.3, -0.25) is 0 Å². The van der Waals surface area contributed by atoms with Gasteiger partial charge in [-0.2, -0.15) is 0 Å². The van der Waals surface area contributed by atoms with E-state index >= 15 is 0 Å². The van der Waals surface area contributed by atoms with Gasteiger partial charge in [-0.1, -0.05) is 156 Å². The molecule has 5 aliphatic carbocycles. The van der Waals surface area contributed by atoms with Crippen LogP contribution in [0, 0.1) is 40.4 Å².